The van der Waals surface area contributed by atoms with Crippen molar-refractivity contribution in [2.45, 2.75) is 264 Å². The highest BCUT2D eigenvalue weighted by Gasteiger charge is 2.30. The highest BCUT2D eigenvalue weighted by Crippen LogP contribution is 2.45. The zero-order valence-electron chi connectivity index (χ0n) is 56.7. The van der Waals surface area contributed by atoms with Crippen molar-refractivity contribution in [3.05, 3.63) is 134 Å². The van der Waals surface area contributed by atoms with E-state index in [4.69, 9.17) is 37.0 Å². The third-order valence-electron chi connectivity index (χ3n) is 13.6. The predicted octanol–water partition coefficient (Wildman–Crippen LogP) is 19.0. The normalized spacial score (nSPS) is 14.9. The molecule has 0 saturated carbocycles. The molecule has 0 amide bonds. The molecule has 0 aromatic heterocycles. The molecule has 0 saturated heterocycles. The van der Waals surface area contributed by atoms with Crippen molar-refractivity contribution in [2.24, 2.45) is 0 Å². The minimum atomic E-state index is -5.00. The molecular formula is C73H120O17P2. The van der Waals surface area contributed by atoms with E-state index in [0.717, 1.165) is 135 Å². The van der Waals surface area contributed by atoms with Gasteiger partial charge < -0.3 is 33.8 Å². The number of carbonyl (C=O) groups excluding carboxylic acids is 4. The molecule has 0 aliphatic heterocycles. The number of hydrogen-bond donors (Lipinski definition) is 3. The van der Waals surface area contributed by atoms with E-state index in [-0.39, 0.29) is 25.7 Å². The standard InChI is InChI=1S/C73H120O17P2/c1-5-9-13-17-21-25-29-31-33-35-39-42-46-50-54-58-71(76)84-64-69(90-73(78)60-56-52-48-44-40-36-34-32-30-26-22-18-14-10-6-2)66-88-92(81,82)86-62-67(74)61-85-91(79,80)87-65-68(89-72(77)59-55-51-47-43-38-28-24-20-16-12-8-4)63-83-70(75)57-53-49-45-41-37-27-23-19-15-11-7-3/h9-10,13-14,19-26,31-34,39-40,42,44,50,54,67-69,74H,5-8,11-12,15-18,27-30,35-38,41,43,45-49,51-53,55-66H2,1-4H3,(H,79,80)(H,81,82)/b13-9-,14-10-,23-19-,24-20-,25-21-,26-22-,33-31-,34-32-,42-39-,44-40-,54-50-. The largest absolute Gasteiger partial charge is 0.472 e. The van der Waals surface area contributed by atoms with Crippen molar-refractivity contribution >= 4 is 39.5 Å². The Morgan fingerprint density at radius 1 is 0.326 bits per heavy atom. The lowest BCUT2D eigenvalue weighted by molar-refractivity contribution is -0.161. The van der Waals surface area contributed by atoms with Crippen LogP contribution in [0.2, 0.25) is 0 Å². The van der Waals surface area contributed by atoms with Crippen LogP contribution < -0.4 is 0 Å². The second kappa shape index (κ2) is 64.9. The first-order chi connectivity index (χ1) is 44.7. The van der Waals surface area contributed by atoms with Crippen LogP contribution in [0, 0.1) is 0 Å². The van der Waals surface area contributed by atoms with E-state index < -0.39 is 97.5 Å². The summed E-state index contributed by atoms with van der Waals surface area (Å²) < 4.78 is 67.9. The lowest BCUT2D eigenvalue weighted by atomic mass is 10.1. The number of carbonyl (C=O) groups is 4. The molecule has 19 heteroatoms. The summed E-state index contributed by atoms with van der Waals surface area (Å²) in [6.45, 7) is 4.33. The maximum Gasteiger partial charge on any atom is 0.472 e. The molecule has 17 nitrogen and oxygen atoms in total. The third kappa shape index (κ3) is 63.9. The van der Waals surface area contributed by atoms with E-state index in [1.165, 1.54) is 25.7 Å². The van der Waals surface area contributed by atoms with Gasteiger partial charge in [0.25, 0.3) is 0 Å². The Morgan fingerprint density at radius 3 is 1.00 bits per heavy atom. The number of phosphoric ester groups is 2. The number of rotatable bonds is 63. The second-order valence-electron chi connectivity index (χ2n) is 22.4. The summed E-state index contributed by atoms with van der Waals surface area (Å²) in [5.41, 5.74) is 0. The van der Waals surface area contributed by atoms with Gasteiger partial charge in [-0.2, -0.15) is 0 Å². The predicted molar refractivity (Wildman–Crippen MR) is 371 cm³/mol. The summed E-state index contributed by atoms with van der Waals surface area (Å²) in [7, 11) is -9.98. The lowest BCUT2D eigenvalue weighted by Gasteiger charge is -2.21. The van der Waals surface area contributed by atoms with E-state index in [0.29, 0.717) is 32.1 Å². The molecule has 92 heavy (non-hydrogen) atoms. The Balaban J connectivity index is 5.45. The Kier molecular flexibility index (Phi) is 61.5. The number of aliphatic hydroxyl groups excluding tert-OH is 1. The molecule has 0 aliphatic rings. The maximum atomic E-state index is 13.0. The van der Waals surface area contributed by atoms with Crippen LogP contribution in [0.4, 0.5) is 0 Å². The minimum absolute atomic E-state index is 0.0192. The van der Waals surface area contributed by atoms with Gasteiger partial charge in [-0.3, -0.25) is 37.3 Å². The first kappa shape index (κ1) is 87.2. The highest BCUT2D eigenvalue weighted by atomic mass is 31.2. The summed E-state index contributed by atoms with van der Waals surface area (Å²) >= 11 is 0. The van der Waals surface area contributed by atoms with Crippen molar-refractivity contribution in [1.82, 2.24) is 0 Å². The summed E-state index contributed by atoms with van der Waals surface area (Å²) in [6.07, 6.45) is 69.5. The molecule has 0 radical (unpaired) electrons. The summed E-state index contributed by atoms with van der Waals surface area (Å²) in [5, 5.41) is 10.6. The number of aliphatic hydroxyl groups is 1. The second-order valence-corrected chi connectivity index (χ2v) is 25.3. The van der Waals surface area contributed by atoms with Crippen LogP contribution in [0.25, 0.3) is 0 Å². The summed E-state index contributed by atoms with van der Waals surface area (Å²) in [6, 6.07) is 0. The molecule has 0 aromatic rings. The average Bonchev–Trinajstić information content (AvgIpc) is 2.93. The Morgan fingerprint density at radius 2 is 0.609 bits per heavy atom. The molecule has 5 atom stereocenters. The molecule has 0 aromatic carbocycles. The van der Waals surface area contributed by atoms with Gasteiger partial charge in [0.05, 0.1) is 32.8 Å². The van der Waals surface area contributed by atoms with Gasteiger partial charge in [-0.15, -0.1) is 0 Å². The topological polar surface area (TPSA) is 237 Å². The molecule has 0 bridgehead atoms. The van der Waals surface area contributed by atoms with Crippen LogP contribution in [-0.2, 0) is 65.4 Å². The fraction of sp³-hybridized carbons (Fsp3) is 0.644. The van der Waals surface area contributed by atoms with Crippen LogP contribution in [0.1, 0.15) is 246 Å². The number of hydrogen-bond acceptors (Lipinski definition) is 15. The molecule has 0 rings (SSSR count). The van der Waals surface area contributed by atoms with Crippen molar-refractivity contribution in [3.8, 4) is 0 Å². The van der Waals surface area contributed by atoms with Crippen molar-refractivity contribution in [1.29, 1.82) is 0 Å². The number of esters is 4. The zero-order valence-corrected chi connectivity index (χ0v) is 58.5. The zero-order chi connectivity index (χ0) is 67.5. The number of unbranched alkanes of at least 4 members (excludes halogenated alkanes) is 16. The molecule has 0 fully saturated rings. The van der Waals surface area contributed by atoms with Gasteiger partial charge in [0.2, 0.25) is 0 Å². The van der Waals surface area contributed by atoms with Crippen molar-refractivity contribution in [2.75, 3.05) is 39.6 Å². The third-order valence-corrected chi connectivity index (χ3v) is 15.5. The monoisotopic (exact) mass is 1330 g/mol. The summed E-state index contributed by atoms with van der Waals surface area (Å²) in [5.74, 6) is -2.41. The van der Waals surface area contributed by atoms with Gasteiger partial charge in [-0.05, 0) is 128 Å². The van der Waals surface area contributed by atoms with E-state index in [9.17, 15) is 43.2 Å². The number of ether oxygens (including phenoxy) is 4. The van der Waals surface area contributed by atoms with Crippen LogP contribution >= 0.6 is 15.6 Å². The first-order valence-corrected chi connectivity index (χ1v) is 37.4. The molecule has 0 spiro atoms. The first-order valence-electron chi connectivity index (χ1n) is 34.4. The Bertz CT molecular complexity index is 2280. The SMILES string of the molecule is CC/C=C\C/C=C\C/C=C\C/C=C\C/C=C\CC(=O)OCC(COP(=O)(O)OCC(O)COP(=O)(O)OCC(COC(=O)CCCCCCC/C=C\CCCC)OC(=O)CCCCCCC/C=C\CCCC)OC(=O)CCCC/C=C\C/C=C\C/C=C\C/C=C\CC. The van der Waals surface area contributed by atoms with Crippen LogP contribution in [0.3, 0.4) is 0 Å². The average molecular weight is 1330 g/mol. The molecule has 5 unspecified atom stereocenters. The lowest BCUT2D eigenvalue weighted by Crippen LogP contribution is -2.30. The fourth-order valence-corrected chi connectivity index (χ4v) is 9.94. The van der Waals surface area contributed by atoms with E-state index >= 15 is 0 Å². The van der Waals surface area contributed by atoms with Crippen molar-refractivity contribution < 1.29 is 80.2 Å². The molecular weight excluding hydrogens is 1210 g/mol. The molecule has 0 aliphatic carbocycles. The van der Waals surface area contributed by atoms with Crippen LogP contribution in [-0.4, -0.2) is 96.7 Å². The summed E-state index contributed by atoms with van der Waals surface area (Å²) in [4.78, 5) is 72.4. The smallest absolute Gasteiger partial charge is 0.462 e. The van der Waals surface area contributed by atoms with Gasteiger partial charge in [-0.1, -0.05) is 226 Å². The van der Waals surface area contributed by atoms with Gasteiger partial charge in [0.1, 0.15) is 19.3 Å². The van der Waals surface area contributed by atoms with E-state index in [1.54, 1.807) is 6.08 Å². The van der Waals surface area contributed by atoms with Crippen molar-refractivity contribution in [3.63, 3.8) is 0 Å². The quantitative estimate of drug-likeness (QED) is 0.0169. The minimum Gasteiger partial charge on any atom is -0.462 e. The van der Waals surface area contributed by atoms with Crippen LogP contribution in [0.15, 0.2) is 134 Å². The number of phosphoric acid groups is 2. The van der Waals surface area contributed by atoms with E-state index in [2.05, 4.69) is 131 Å². The van der Waals surface area contributed by atoms with E-state index in [1.807, 2.05) is 24.3 Å². The van der Waals surface area contributed by atoms with Gasteiger partial charge in [0.15, 0.2) is 12.2 Å². The Labute approximate surface area is 554 Å². The fourth-order valence-electron chi connectivity index (χ4n) is 8.36. The molecule has 0 heterocycles. The van der Waals surface area contributed by atoms with Gasteiger partial charge in [-0.25, -0.2) is 9.13 Å². The van der Waals surface area contributed by atoms with Gasteiger partial charge in [0, 0.05) is 19.3 Å². The van der Waals surface area contributed by atoms with Crippen LogP contribution in [0.5, 0.6) is 0 Å². The Hall–Kier alpha value is -4.80. The number of allylic oxidation sites excluding steroid dienone is 21. The maximum absolute atomic E-state index is 13.0. The van der Waals surface area contributed by atoms with Gasteiger partial charge >= 0.3 is 39.5 Å². The molecule has 524 valence electrons. The highest BCUT2D eigenvalue weighted by molar-refractivity contribution is 7.47. The molecule has 3 N–H and O–H groups in total.